The zero-order valence-electron chi connectivity index (χ0n) is 10.9. The SMILES string of the molecule is CCCn1nccc1C(NCC)C1CCCO1. The fourth-order valence-corrected chi connectivity index (χ4v) is 2.52. The molecule has 1 aromatic heterocycles. The summed E-state index contributed by atoms with van der Waals surface area (Å²) >= 11 is 0. The first-order valence-electron chi connectivity index (χ1n) is 6.73. The molecule has 1 fully saturated rings. The van der Waals surface area contributed by atoms with Crippen LogP contribution in [0.2, 0.25) is 0 Å². The van der Waals surface area contributed by atoms with Gasteiger partial charge >= 0.3 is 0 Å². The van der Waals surface area contributed by atoms with E-state index in [4.69, 9.17) is 4.74 Å². The predicted molar refractivity (Wildman–Crippen MR) is 67.9 cm³/mol. The summed E-state index contributed by atoms with van der Waals surface area (Å²) in [7, 11) is 0. The first-order valence-corrected chi connectivity index (χ1v) is 6.73. The van der Waals surface area contributed by atoms with Crippen molar-refractivity contribution >= 4 is 0 Å². The van der Waals surface area contributed by atoms with Crippen LogP contribution in [0.4, 0.5) is 0 Å². The number of rotatable bonds is 6. The number of hydrogen-bond donors (Lipinski definition) is 1. The van der Waals surface area contributed by atoms with Gasteiger partial charge in [0, 0.05) is 19.3 Å². The number of ether oxygens (including phenoxy) is 1. The van der Waals surface area contributed by atoms with Gasteiger partial charge < -0.3 is 10.1 Å². The molecule has 17 heavy (non-hydrogen) atoms. The molecule has 0 amide bonds. The van der Waals surface area contributed by atoms with E-state index in [0.29, 0.717) is 6.10 Å². The highest BCUT2D eigenvalue weighted by Gasteiger charge is 2.28. The molecule has 1 saturated heterocycles. The fourth-order valence-electron chi connectivity index (χ4n) is 2.52. The molecule has 0 bridgehead atoms. The van der Waals surface area contributed by atoms with E-state index < -0.39 is 0 Å². The van der Waals surface area contributed by atoms with Crippen molar-refractivity contribution in [1.82, 2.24) is 15.1 Å². The van der Waals surface area contributed by atoms with Crippen LogP contribution >= 0.6 is 0 Å². The van der Waals surface area contributed by atoms with Crippen LogP contribution in [-0.2, 0) is 11.3 Å². The molecule has 0 saturated carbocycles. The summed E-state index contributed by atoms with van der Waals surface area (Å²) < 4.78 is 7.93. The van der Waals surface area contributed by atoms with Crippen molar-refractivity contribution in [3.63, 3.8) is 0 Å². The van der Waals surface area contributed by atoms with Crippen molar-refractivity contribution in [1.29, 1.82) is 0 Å². The highest BCUT2D eigenvalue weighted by atomic mass is 16.5. The summed E-state index contributed by atoms with van der Waals surface area (Å²) in [5.41, 5.74) is 1.26. The van der Waals surface area contributed by atoms with E-state index in [2.05, 4.69) is 35.0 Å². The predicted octanol–water partition coefficient (Wildman–Crippen LogP) is 2.12. The third-order valence-corrected chi connectivity index (χ3v) is 3.26. The maximum absolute atomic E-state index is 5.82. The van der Waals surface area contributed by atoms with E-state index in [1.807, 2.05) is 6.20 Å². The lowest BCUT2D eigenvalue weighted by atomic mass is 10.0. The maximum Gasteiger partial charge on any atom is 0.0785 e. The molecular weight excluding hydrogens is 214 g/mol. The second-order valence-electron chi connectivity index (χ2n) is 4.57. The summed E-state index contributed by atoms with van der Waals surface area (Å²) in [5.74, 6) is 0. The average Bonchev–Trinajstić information content (AvgIpc) is 2.97. The number of nitrogens with one attached hydrogen (secondary N) is 1. The van der Waals surface area contributed by atoms with Gasteiger partial charge in [-0.05, 0) is 31.9 Å². The molecule has 2 rings (SSSR count). The molecule has 2 unspecified atom stereocenters. The second kappa shape index (κ2) is 6.17. The Balaban J connectivity index is 2.15. The summed E-state index contributed by atoms with van der Waals surface area (Å²) in [6.45, 7) is 7.16. The van der Waals surface area contributed by atoms with Crippen LogP contribution in [0.3, 0.4) is 0 Å². The summed E-state index contributed by atoms with van der Waals surface area (Å²) in [6.07, 6.45) is 5.63. The molecule has 2 atom stereocenters. The van der Waals surface area contributed by atoms with E-state index in [1.165, 1.54) is 12.1 Å². The maximum atomic E-state index is 5.82. The van der Waals surface area contributed by atoms with Crippen molar-refractivity contribution in [2.45, 2.75) is 51.8 Å². The van der Waals surface area contributed by atoms with E-state index in [-0.39, 0.29) is 6.04 Å². The first kappa shape index (κ1) is 12.6. The molecule has 0 aliphatic carbocycles. The molecule has 0 aromatic carbocycles. The topological polar surface area (TPSA) is 39.1 Å². The fraction of sp³-hybridized carbons (Fsp3) is 0.769. The molecule has 1 aromatic rings. The number of aryl methyl sites for hydroxylation is 1. The van der Waals surface area contributed by atoms with Crippen molar-refractivity contribution in [3.05, 3.63) is 18.0 Å². The quantitative estimate of drug-likeness (QED) is 0.823. The Kier molecular flexibility index (Phi) is 4.57. The van der Waals surface area contributed by atoms with Gasteiger partial charge in [0.05, 0.1) is 17.8 Å². The highest BCUT2D eigenvalue weighted by Crippen LogP contribution is 2.26. The summed E-state index contributed by atoms with van der Waals surface area (Å²) in [5, 5.41) is 7.94. The first-order chi connectivity index (χ1) is 8.36. The van der Waals surface area contributed by atoms with E-state index in [1.54, 1.807) is 0 Å². The van der Waals surface area contributed by atoms with Crippen molar-refractivity contribution < 1.29 is 4.74 Å². The largest absolute Gasteiger partial charge is 0.376 e. The highest BCUT2D eigenvalue weighted by molar-refractivity contribution is 5.10. The van der Waals surface area contributed by atoms with Gasteiger partial charge in [0.1, 0.15) is 0 Å². The Morgan fingerprint density at radius 2 is 2.47 bits per heavy atom. The minimum absolute atomic E-state index is 0.288. The van der Waals surface area contributed by atoms with Gasteiger partial charge in [-0.3, -0.25) is 4.68 Å². The summed E-state index contributed by atoms with van der Waals surface area (Å²) in [6, 6.07) is 2.40. The Morgan fingerprint density at radius 1 is 1.59 bits per heavy atom. The van der Waals surface area contributed by atoms with E-state index in [0.717, 1.165) is 32.5 Å². The second-order valence-corrected chi connectivity index (χ2v) is 4.57. The molecule has 1 aliphatic rings. The molecule has 0 spiro atoms. The number of aromatic nitrogens is 2. The number of hydrogen-bond acceptors (Lipinski definition) is 3. The van der Waals surface area contributed by atoms with Gasteiger partial charge in [0.2, 0.25) is 0 Å². The minimum atomic E-state index is 0.288. The van der Waals surface area contributed by atoms with Gasteiger partial charge in [-0.25, -0.2) is 0 Å². The standard InChI is InChI=1S/C13H23N3O/c1-3-9-16-11(7-8-15-16)13(14-4-2)12-6-5-10-17-12/h7-8,12-14H,3-6,9-10H2,1-2H3. The van der Waals surface area contributed by atoms with Crippen molar-refractivity contribution in [2.24, 2.45) is 0 Å². The average molecular weight is 237 g/mol. The smallest absolute Gasteiger partial charge is 0.0785 e. The number of nitrogens with zero attached hydrogens (tertiary/aromatic N) is 2. The number of likely N-dealkylation sites (N-methyl/N-ethyl adjacent to an activating group) is 1. The van der Waals surface area contributed by atoms with Gasteiger partial charge in [-0.2, -0.15) is 5.10 Å². The summed E-state index contributed by atoms with van der Waals surface area (Å²) in [4.78, 5) is 0. The van der Waals surface area contributed by atoms with Gasteiger partial charge in [0.15, 0.2) is 0 Å². The molecular formula is C13H23N3O. The van der Waals surface area contributed by atoms with Crippen molar-refractivity contribution in [2.75, 3.05) is 13.2 Å². The molecule has 0 radical (unpaired) electrons. The van der Waals surface area contributed by atoms with Crippen LogP contribution in [0.5, 0.6) is 0 Å². The van der Waals surface area contributed by atoms with Crippen LogP contribution in [0, 0.1) is 0 Å². The van der Waals surface area contributed by atoms with E-state index >= 15 is 0 Å². The molecule has 96 valence electrons. The third-order valence-electron chi connectivity index (χ3n) is 3.26. The van der Waals surface area contributed by atoms with Crippen LogP contribution in [0.1, 0.15) is 44.8 Å². The van der Waals surface area contributed by atoms with Crippen LogP contribution in [-0.4, -0.2) is 29.0 Å². The molecule has 1 N–H and O–H groups in total. The third kappa shape index (κ3) is 2.87. The Hall–Kier alpha value is -0.870. The van der Waals surface area contributed by atoms with Crippen LogP contribution in [0.15, 0.2) is 12.3 Å². The monoisotopic (exact) mass is 237 g/mol. The minimum Gasteiger partial charge on any atom is -0.376 e. The van der Waals surface area contributed by atoms with Crippen LogP contribution < -0.4 is 5.32 Å². The lowest BCUT2D eigenvalue weighted by Crippen LogP contribution is -2.33. The Bertz CT molecular complexity index is 331. The van der Waals surface area contributed by atoms with E-state index in [9.17, 15) is 0 Å². The molecule has 4 nitrogen and oxygen atoms in total. The Labute approximate surface area is 103 Å². The Morgan fingerprint density at radius 3 is 3.12 bits per heavy atom. The zero-order valence-corrected chi connectivity index (χ0v) is 10.9. The van der Waals surface area contributed by atoms with Gasteiger partial charge in [0.25, 0.3) is 0 Å². The normalized spacial score (nSPS) is 21.9. The lowest BCUT2D eigenvalue weighted by molar-refractivity contribution is 0.0759. The zero-order chi connectivity index (χ0) is 12.1. The lowest BCUT2D eigenvalue weighted by Gasteiger charge is -2.24. The van der Waals surface area contributed by atoms with Gasteiger partial charge in [-0.1, -0.05) is 13.8 Å². The molecule has 2 heterocycles. The van der Waals surface area contributed by atoms with Crippen molar-refractivity contribution in [3.8, 4) is 0 Å². The molecule has 4 heteroatoms. The van der Waals surface area contributed by atoms with Crippen LogP contribution in [0.25, 0.3) is 0 Å². The molecule has 1 aliphatic heterocycles. The van der Waals surface area contributed by atoms with Gasteiger partial charge in [-0.15, -0.1) is 0 Å².